The molecule has 2 fully saturated rings. The van der Waals surface area contributed by atoms with Gasteiger partial charge in [0.05, 0.1) is 6.26 Å². The molecular formula is C15H23N3O2S. The van der Waals surface area contributed by atoms with Crippen molar-refractivity contribution >= 4 is 10.0 Å². The van der Waals surface area contributed by atoms with Gasteiger partial charge in [0, 0.05) is 44.1 Å². The van der Waals surface area contributed by atoms with Crippen LogP contribution in [0, 0.1) is 0 Å². The number of pyridine rings is 1. The fourth-order valence-corrected chi connectivity index (χ4v) is 5.23. The van der Waals surface area contributed by atoms with Crippen molar-refractivity contribution in [2.75, 3.05) is 25.9 Å². The number of sulfonamides is 1. The number of nitrogens with zero attached hydrogens (tertiary/aromatic N) is 3. The normalized spacial score (nSPS) is 28.2. The van der Waals surface area contributed by atoms with Crippen molar-refractivity contribution < 1.29 is 8.42 Å². The third-order valence-electron chi connectivity index (χ3n) is 4.72. The van der Waals surface area contributed by atoms with Crippen LogP contribution in [-0.2, 0) is 16.6 Å². The van der Waals surface area contributed by atoms with Crippen LogP contribution in [0.4, 0.5) is 0 Å². The number of aromatic nitrogens is 1. The van der Waals surface area contributed by atoms with Crippen LogP contribution in [0.3, 0.4) is 0 Å². The van der Waals surface area contributed by atoms with E-state index in [1.165, 1.54) is 11.8 Å². The standard InChI is InChI=1S/C15H23N3O2S/c1-21(19,20)18-9-3-2-6-15(18)7-10-17(13-15)12-14-5-4-8-16-11-14/h4-5,8,11H,2-3,6-7,9-10,12-13H2,1H3. The van der Waals surface area contributed by atoms with Crippen LogP contribution in [0.25, 0.3) is 0 Å². The summed E-state index contributed by atoms with van der Waals surface area (Å²) in [7, 11) is -3.12. The molecule has 0 N–H and O–H groups in total. The number of likely N-dealkylation sites (tertiary alicyclic amines) is 1. The highest BCUT2D eigenvalue weighted by atomic mass is 32.2. The summed E-state index contributed by atoms with van der Waals surface area (Å²) in [5.41, 5.74) is 1.02. The van der Waals surface area contributed by atoms with Gasteiger partial charge in [0.2, 0.25) is 10.0 Å². The first-order valence-electron chi connectivity index (χ1n) is 7.59. The summed E-state index contributed by atoms with van der Waals surface area (Å²) in [6.07, 6.45) is 9.07. The van der Waals surface area contributed by atoms with Crippen LogP contribution in [0.5, 0.6) is 0 Å². The molecule has 3 heterocycles. The quantitative estimate of drug-likeness (QED) is 0.848. The van der Waals surface area contributed by atoms with Crippen molar-refractivity contribution in [3.8, 4) is 0 Å². The molecule has 1 atom stereocenters. The summed E-state index contributed by atoms with van der Waals surface area (Å²) in [6.45, 7) is 3.34. The lowest BCUT2D eigenvalue weighted by Gasteiger charge is -2.43. The van der Waals surface area contributed by atoms with E-state index in [9.17, 15) is 8.42 Å². The highest BCUT2D eigenvalue weighted by Crippen LogP contribution is 2.38. The van der Waals surface area contributed by atoms with Crippen LogP contribution in [-0.4, -0.2) is 54.0 Å². The number of piperidine rings is 1. The minimum atomic E-state index is -3.12. The Hall–Kier alpha value is -0.980. The van der Waals surface area contributed by atoms with E-state index in [2.05, 4.69) is 16.0 Å². The molecule has 21 heavy (non-hydrogen) atoms. The van der Waals surface area contributed by atoms with Crippen molar-refractivity contribution in [1.29, 1.82) is 0 Å². The SMILES string of the molecule is CS(=O)(=O)N1CCCCC12CCN(Cc1cccnc1)C2. The smallest absolute Gasteiger partial charge is 0.211 e. The molecule has 0 amide bonds. The number of hydrogen-bond acceptors (Lipinski definition) is 4. The summed E-state index contributed by atoms with van der Waals surface area (Å²) in [6, 6.07) is 4.03. The Labute approximate surface area is 127 Å². The van der Waals surface area contributed by atoms with Gasteiger partial charge in [0.25, 0.3) is 0 Å². The molecule has 6 heteroatoms. The van der Waals surface area contributed by atoms with Crippen molar-refractivity contribution in [1.82, 2.24) is 14.2 Å². The van der Waals surface area contributed by atoms with E-state index in [1.807, 2.05) is 12.3 Å². The van der Waals surface area contributed by atoms with Crippen LogP contribution >= 0.6 is 0 Å². The minimum absolute atomic E-state index is 0.173. The third-order valence-corrected chi connectivity index (χ3v) is 6.09. The van der Waals surface area contributed by atoms with Gasteiger partial charge in [-0.3, -0.25) is 9.88 Å². The van der Waals surface area contributed by atoms with Crippen molar-refractivity contribution in [2.45, 2.75) is 37.8 Å². The average molecular weight is 309 g/mol. The van der Waals surface area contributed by atoms with Gasteiger partial charge in [0.15, 0.2) is 0 Å². The average Bonchev–Trinajstić information content (AvgIpc) is 2.82. The topological polar surface area (TPSA) is 53.5 Å². The molecule has 1 unspecified atom stereocenters. The maximum absolute atomic E-state index is 12.1. The lowest BCUT2D eigenvalue weighted by Crippen LogP contribution is -2.55. The molecule has 116 valence electrons. The van der Waals surface area contributed by atoms with E-state index in [1.54, 1.807) is 10.5 Å². The molecule has 2 aliphatic rings. The molecule has 2 aliphatic heterocycles. The molecule has 0 aliphatic carbocycles. The second kappa shape index (κ2) is 5.66. The number of rotatable bonds is 3. The lowest BCUT2D eigenvalue weighted by molar-refractivity contribution is 0.134. The van der Waals surface area contributed by atoms with E-state index in [-0.39, 0.29) is 5.54 Å². The summed E-state index contributed by atoms with van der Waals surface area (Å²) in [5, 5.41) is 0. The Morgan fingerprint density at radius 3 is 2.86 bits per heavy atom. The zero-order valence-corrected chi connectivity index (χ0v) is 13.3. The highest BCUT2D eigenvalue weighted by Gasteiger charge is 2.47. The molecule has 2 saturated heterocycles. The molecule has 0 bridgehead atoms. The van der Waals surface area contributed by atoms with E-state index in [0.717, 1.165) is 45.3 Å². The Morgan fingerprint density at radius 1 is 1.29 bits per heavy atom. The molecular weight excluding hydrogens is 286 g/mol. The van der Waals surface area contributed by atoms with E-state index in [0.29, 0.717) is 6.54 Å². The maximum atomic E-state index is 12.1. The van der Waals surface area contributed by atoms with Gasteiger partial charge in [-0.15, -0.1) is 0 Å². The van der Waals surface area contributed by atoms with Gasteiger partial charge >= 0.3 is 0 Å². The summed E-state index contributed by atoms with van der Waals surface area (Å²) >= 11 is 0. The van der Waals surface area contributed by atoms with Crippen molar-refractivity contribution in [3.05, 3.63) is 30.1 Å². The maximum Gasteiger partial charge on any atom is 0.211 e. The second-order valence-corrected chi connectivity index (χ2v) is 8.25. The predicted molar refractivity (Wildman–Crippen MR) is 82.3 cm³/mol. The Morgan fingerprint density at radius 2 is 2.14 bits per heavy atom. The van der Waals surface area contributed by atoms with E-state index >= 15 is 0 Å². The van der Waals surface area contributed by atoms with Gasteiger partial charge in [-0.2, -0.15) is 4.31 Å². The predicted octanol–water partition coefficient (Wildman–Crippen LogP) is 1.47. The van der Waals surface area contributed by atoms with Gasteiger partial charge in [-0.1, -0.05) is 12.5 Å². The summed E-state index contributed by atoms with van der Waals surface area (Å²) < 4.78 is 26.0. The van der Waals surface area contributed by atoms with Gasteiger partial charge < -0.3 is 0 Å². The molecule has 0 aromatic carbocycles. The zero-order valence-electron chi connectivity index (χ0n) is 12.5. The molecule has 1 aromatic heterocycles. The van der Waals surface area contributed by atoms with Crippen LogP contribution in [0.2, 0.25) is 0 Å². The largest absolute Gasteiger partial charge is 0.297 e. The monoisotopic (exact) mass is 309 g/mol. The first-order chi connectivity index (χ1) is 10.00. The Kier molecular flexibility index (Phi) is 4.03. The molecule has 3 rings (SSSR count). The summed E-state index contributed by atoms with van der Waals surface area (Å²) in [4.78, 5) is 6.51. The van der Waals surface area contributed by atoms with Crippen LogP contribution in [0.15, 0.2) is 24.5 Å². The molecule has 0 saturated carbocycles. The first kappa shape index (κ1) is 14.9. The molecule has 0 radical (unpaired) electrons. The van der Waals surface area contributed by atoms with E-state index < -0.39 is 10.0 Å². The first-order valence-corrected chi connectivity index (χ1v) is 9.44. The van der Waals surface area contributed by atoms with E-state index in [4.69, 9.17) is 0 Å². The number of hydrogen-bond donors (Lipinski definition) is 0. The zero-order chi connectivity index (χ0) is 14.9. The fraction of sp³-hybridized carbons (Fsp3) is 0.667. The summed E-state index contributed by atoms with van der Waals surface area (Å²) in [5.74, 6) is 0. The van der Waals surface area contributed by atoms with Crippen molar-refractivity contribution in [3.63, 3.8) is 0 Å². The Balaban J connectivity index is 1.75. The second-order valence-electron chi connectivity index (χ2n) is 6.34. The van der Waals surface area contributed by atoms with Crippen molar-refractivity contribution in [2.24, 2.45) is 0 Å². The highest BCUT2D eigenvalue weighted by molar-refractivity contribution is 7.88. The van der Waals surface area contributed by atoms with Crippen LogP contribution < -0.4 is 0 Å². The molecule has 1 aromatic rings. The minimum Gasteiger partial charge on any atom is -0.297 e. The fourth-order valence-electron chi connectivity index (χ4n) is 3.82. The van der Waals surface area contributed by atoms with Gasteiger partial charge in [0.1, 0.15) is 0 Å². The van der Waals surface area contributed by atoms with Crippen LogP contribution in [0.1, 0.15) is 31.2 Å². The Bertz CT molecular complexity index is 590. The lowest BCUT2D eigenvalue weighted by atomic mass is 9.88. The molecule has 5 nitrogen and oxygen atoms in total. The third kappa shape index (κ3) is 3.12. The molecule has 1 spiro atoms. The van der Waals surface area contributed by atoms with Gasteiger partial charge in [-0.05, 0) is 30.9 Å². The van der Waals surface area contributed by atoms with Gasteiger partial charge in [-0.25, -0.2) is 8.42 Å².